The molecule has 0 bridgehead atoms. The molecule has 1 saturated heterocycles. The Bertz CT molecular complexity index is 1240. The molecular formula is C24H25N5O2S. The summed E-state index contributed by atoms with van der Waals surface area (Å²) in [6.07, 6.45) is 2.31. The molecule has 32 heavy (non-hydrogen) atoms. The number of rotatable bonds is 5. The summed E-state index contributed by atoms with van der Waals surface area (Å²) in [6.45, 7) is 4.09. The Morgan fingerprint density at radius 2 is 1.97 bits per heavy atom. The SMILES string of the molecule is Cc1nc(-c2ccc3[nH]nc(C(=O)Nc4ccc(OC5CCN(C)CC5)cc4)c3c2)cs1. The summed E-state index contributed by atoms with van der Waals surface area (Å²) in [5.41, 5.74) is 3.75. The van der Waals surface area contributed by atoms with Gasteiger partial charge >= 0.3 is 0 Å². The number of hydrogen-bond donors (Lipinski definition) is 2. The number of benzene rings is 2. The van der Waals surface area contributed by atoms with Crippen molar-refractivity contribution in [2.45, 2.75) is 25.9 Å². The van der Waals surface area contributed by atoms with Gasteiger partial charge in [0.2, 0.25) is 0 Å². The van der Waals surface area contributed by atoms with Crippen molar-refractivity contribution < 1.29 is 9.53 Å². The number of fused-ring (bicyclic) bond motifs is 1. The van der Waals surface area contributed by atoms with E-state index >= 15 is 0 Å². The minimum Gasteiger partial charge on any atom is -0.490 e. The first-order valence-corrected chi connectivity index (χ1v) is 11.6. The van der Waals surface area contributed by atoms with E-state index in [0.29, 0.717) is 11.4 Å². The van der Waals surface area contributed by atoms with Crippen molar-refractivity contribution in [3.05, 3.63) is 58.5 Å². The van der Waals surface area contributed by atoms with Crippen LogP contribution >= 0.6 is 11.3 Å². The smallest absolute Gasteiger partial charge is 0.276 e. The summed E-state index contributed by atoms with van der Waals surface area (Å²) in [5, 5.41) is 13.9. The van der Waals surface area contributed by atoms with Crippen LogP contribution in [0.3, 0.4) is 0 Å². The van der Waals surface area contributed by atoms with Crippen LogP contribution in [0.5, 0.6) is 5.75 Å². The predicted octanol–water partition coefficient (Wildman–Crippen LogP) is 4.72. The van der Waals surface area contributed by atoms with E-state index in [2.05, 4.69) is 32.4 Å². The molecule has 1 aliphatic heterocycles. The zero-order valence-electron chi connectivity index (χ0n) is 18.1. The molecule has 164 valence electrons. The third-order valence-corrected chi connectivity index (χ3v) is 6.55. The summed E-state index contributed by atoms with van der Waals surface area (Å²) in [7, 11) is 2.14. The molecule has 0 saturated carbocycles. The number of aromatic amines is 1. The molecule has 4 aromatic rings. The van der Waals surface area contributed by atoms with E-state index in [0.717, 1.165) is 58.8 Å². The Morgan fingerprint density at radius 1 is 1.19 bits per heavy atom. The number of nitrogens with one attached hydrogen (secondary N) is 2. The molecule has 0 unspecified atom stereocenters. The lowest BCUT2D eigenvalue weighted by Crippen LogP contribution is -2.35. The minimum atomic E-state index is -0.258. The Hall–Kier alpha value is -3.23. The lowest BCUT2D eigenvalue weighted by molar-refractivity contribution is 0.102. The van der Waals surface area contributed by atoms with Crippen LogP contribution in [0.4, 0.5) is 5.69 Å². The minimum absolute atomic E-state index is 0.248. The van der Waals surface area contributed by atoms with Crippen molar-refractivity contribution in [1.82, 2.24) is 20.1 Å². The molecular weight excluding hydrogens is 422 g/mol. The summed E-state index contributed by atoms with van der Waals surface area (Å²) >= 11 is 1.60. The number of ether oxygens (including phenoxy) is 1. The van der Waals surface area contributed by atoms with Crippen molar-refractivity contribution in [3.8, 4) is 17.0 Å². The van der Waals surface area contributed by atoms with Gasteiger partial charge in [-0.2, -0.15) is 5.10 Å². The van der Waals surface area contributed by atoms with Gasteiger partial charge in [0.25, 0.3) is 5.91 Å². The second-order valence-corrected chi connectivity index (χ2v) is 9.25. The Kier molecular flexibility index (Phi) is 5.63. The maximum absolute atomic E-state index is 12.9. The van der Waals surface area contributed by atoms with Crippen LogP contribution in [0, 0.1) is 6.92 Å². The molecule has 0 radical (unpaired) electrons. The molecule has 2 aromatic carbocycles. The largest absolute Gasteiger partial charge is 0.490 e. The Morgan fingerprint density at radius 3 is 2.69 bits per heavy atom. The molecule has 1 amide bonds. The highest BCUT2D eigenvalue weighted by Crippen LogP contribution is 2.27. The fourth-order valence-electron chi connectivity index (χ4n) is 3.94. The average molecular weight is 448 g/mol. The zero-order valence-corrected chi connectivity index (χ0v) is 18.9. The number of carbonyl (C=O) groups is 1. The third kappa shape index (κ3) is 4.37. The zero-order chi connectivity index (χ0) is 22.1. The molecule has 1 aliphatic rings. The highest BCUT2D eigenvalue weighted by atomic mass is 32.1. The highest BCUT2D eigenvalue weighted by molar-refractivity contribution is 7.09. The molecule has 1 fully saturated rings. The lowest BCUT2D eigenvalue weighted by atomic mass is 10.1. The van der Waals surface area contributed by atoms with E-state index in [1.54, 1.807) is 11.3 Å². The van der Waals surface area contributed by atoms with E-state index in [1.165, 1.54) is 0 Å². The molecule has 8 heteroatoms. The number of piperidine rings is 1. The Labute approximate surface area is 190 Å². The summed E-state index contributed by atoms with van der Waals surface area (Å²) in [6, 6.07) is 13.4. The van der Waals surface area contributed by atoms with Gasteiger partial charge < -0.3 is 15.0 Å². The Balaban J connectivity index is 1.29. The molecule has 3 heterocycles. The number of aryl methyl sites for hydroxylation is 1. The van der Waals surface area contributed by atoms with Gasteiger partial charge in [-0.1, -0.05) is 6.07 Å². The van der Waals surface area contributed by atoms with Gasteiger partial charge in [0, 0.05) is 35.1 Å². The number of aromatic nitrogens is 3. The number of amides is 1. The molecule has 5 rings (SSSR count). The van der Waals surface area contributed by atoms with Crippen molar-refractivity contribution >= 4 is 33.8 Å². The van der Waals surface area contributed by atoms with Gasteiger partial charge in [-0.15, -0.1) is 11.3 Å². The van der Waals surface area contributed by atoms with Gasteiger partial charge in [0.1, 0.15) is 11.9 Å². The number of anilines is 1. The van der Waals surface area contributed by atoms with Crippen molar-refractivity contribution in [2.24, 2.45) is 0 Å². The average Bonchev–Trinajstić information content (AvgIpc) is 3.42. The molecule has 2 aromatic heterocycles. The monoisotopic (exact) mass is 447 g/mol. The van der Waals surface area contributed by atoms with E-state index in [9.17, 15) is 4.79 Å². The van der Waals surface area contributed by atoms with Crippen LogP contribution in [-0.4, -0.2) is 52.2 Å². The van der Waals surface area contributed by atoms with E-state index in [4.69, 9.17) is 4.74 Å². The quantitative estimate of drug-likeness (QED) is 0.463. The fraction of sp³-hybridized carbons (Fsp3) is 0.292. The second kappa shape index (κ2) is 8.72. The van der Waals surface area contributed by atoms with Crippen molar-refractivity contribution in [1.29, 1.82) is 0 Å². The number of thiazole rings is 1. The van der Waals surface area contributed by atoms with Crippen LogP contribution in [0.15, 0.2) is 47.8 Å². The highest BCUT2D eigenvalue weighted by Gasteiger charge is 2.19. The first-order valence-electron chi connectivity index (χ1n) is 10.7. The fourth-order valence-corrected chi connectivity index (χ4v) is 4.57. The molecule has 0 aliphatic carbocycles. The van der Waals surface area contributed by atoms with Crippen LogP contribution in [0.1, 0.15) is 28.3 Å². The van der Waals surface area contributed by atoms with Crippen molar-refractivity contribution in [3.63, 3.8) is 0 Å². The van der Waals surface area contributed by atoms with E-state index < -0.39 is 0 Å². The summed E-state index contributed by atoms with van der Waals surface area (Å²) < 4.78 is 6.09. The van der Waals surface area contributed by atoms with Crippen LogP contribution in [0.2, 0.25) is 0 Å². The number of carbonyl (C=O) groups excluding carboxylic acids is 1. The molecule has 2 N–H and O–H groups in total. The summed E-state index contributed by atoms with van der Waals surface area (Å²) in [4.78, 5) is 19.8. The molecule has 7 nitrogen and oxygen atoms in total. The van der Waals surface area contributed by atoms with E-state index in [-0.39, 0.29) is 12.0 Å². The lowest BCUT2D eigenvalue weighted by Gasteiger charge is -2.29. The third-order valence-electron chi connectivity index (χ3n) is 5.77. The second-order valence-electron chi connectivity index (χ2n) is 8.18. The predicted molar refractivity (Wildman–Crippen MR) is 127 cm³/mol. The summed E-state index contributed by atoms with van der Waals surface area (Å²) in [5.74, 6) is 0.567. The van der Waals surface area contributed by atoms with Gasteiger partial charge in [0.05, 0.1) is 16.2 Å². The number of nitrogens with zero attached hydrogens (tertiary/aromatic N) is 3. The standard InChI is InChI=1S/C24H25N5O2S/c1-15-25-22(14-32-15)16-3-8-21-20(13-16)23(28-27-21)24(30)26-17-4-6-18(7-5-17)31-19-9-11-29(2)12-10-19/h3-8,13-14,19H,9-12H2,1-2H3,(H,26,30)(H,27,28). The maximum Gasteiger partial charge on any atom is 0.276 e. The normalized spacial score (nSPS) is 15.2. The number of hydrogen-bond acceptors (Lipinski definition) is 6. The molecule has 0 spiro atoms. The number of H-pyrrole nitrogens is 1. The van der Waals surface area contributed by atoms with Gasteiger partial charge in [-0.3, -0.25) is 9.89 Å². The van der Waals surface area contributed by atoms with Crippen LogP contribution in [0.25, 0.3) is 22.2 Å². The first kappa shape index (κ1) is 20.7. The topological polar surface area (TPSA) is 83.1 Å². The van der Waals surface area contributed by atoms with Crippen LogP contribution in [-0.2, 0) is 0 Å². The van der Waals surface area contributed by atoms with Gasteiger partial charge in [-0.25, -0.2) is 4.98 Å². The number of likely N-dealkylation sites (tertiary alicyclic amines) is 1. The van der Waals surface area contributed by atoms with Crippen LogP contribution < -0.4 is 10.1 Å². The first-order chi connectivity index (χ1) is 15.5. The van der Waals surface area contributed by atoms with E-state index in [1.807, 2.05) is 54.8 Å². The maximum atomic E-state index is 12.9. The van der Waals surface area contributed by atoms with Gasteiger partial charge in [-0.05, 0) is 63.2 Å². The van der Waals surface area contributed by atoms with Gasteiger partial charge in [0.15, 0.2) is 5.69 Å². The molecule has 0 atom stereocenters. The van der Waals surface area contributed by atoms with Crippen molar-refractivity contribution in [2.75, 3.05) is 25.5 Å².